The first-order valence-electron chi connectivity index (χ1n) is 10.7. The topological polar surface area (TPSA) is 85.0 Å². The molecule has 2 aliphatic heterocycles. The molecule has 3 heterocycles. The van der Waals surface area contributed by atoms with Crippen LogP contribution in [0.1, 0.15) is 39.5 Å². The number of hydrogen-bond acceptors (Lipinski definition) is 5. The van der Waals surface area contributed by atoms with E-state index >= 15 is 0 Å². The zero-order valence-electron chi connectivity index (χ0n) is 17.6. The van der Waals surface area contributed by atoms with Crippen molar-refractivity contribution in [3.63, 3.8) is 0 Å². The van der Waals surface area contributed by atoms with E-state index in [2.05, 4.69) is 13.8 Å². The predicted molar refractivity (Wildman–Crippen MR) is 111 cm³/mol. The van der Waals surface area contributed by atoms with E-state index in [9.17, 15) is 14.4 Å². The number of nitrogens with zero attached hydrogens (tertiary/aromatic N) is 3. The Labute approximate surface area is 175 Å². The molecule has 2 fully saturated rings. The van der Waals surface area contributed by atoms with Gasteiger partial charge in [-0.2, -0.15) is 0 Å². The smallest absolute Gasteiger partial charge is 0.419 e. The summed E-state index contributed by atoms with van der Waals surface area (Å²) < 4.78 is 12.0. The highest BCUT2D eigenvalue weighted by Gasteiger charge is 2.39. The van der Waals surface area contributed by atoms with Crippen LogP contribution in [0.15, 0.2) is 33.5 Å². The van der Waals surface area contributed by atoms with Crippen LogP contribution in [-0.2, 0) is 16.1 Å². The summed E-state index contributed by atoms with van der Waals surface area (Å²) in [5.41, 5.74) is 1.24. The number of oxazole rings is 1. The molecule has 0 radical (unpaired) electrons. The van der Waals surface area contributed by atoms with Crippen molar-refractivity contribution >= 4 is 23.1 Å². The number of amides is 2. The second-order valence-electron chi connectivity index (χ2n) is 8.62. The first kappa shape index (κ1) is 20.5. The highest BCUT2D eigenvalue weighted by molar-refractivity contribution is 5.77. The quantitative estimate of drug-likeness (QED) is 0.724. The SMILES string of the molecule is CC(C)CC1COC(=O)N1C1CCN(C(=O)CCn2c(=O)oc3ccccc32)CC1. The molecule has 0 N–H and O–H groups in total. The van der Waals surface area contributed by atoms with Gasteiger partial charge in [0.1, 0.15) is 6.61 Å². The van der Waals surface area contributed by atoms with Crippen molar-refractivity contribution in [2.75, 3.05) is 19.7 Å². The fourth-order valence-electron chi connectivity index (χ4n) is 4.63. The Bertz CT molecular complexity index is 971. The van der Waals surface area contributed by atoms with Gasteiger partial charge in [-0.15, -0.1) is 0 Å². The van der Waals surface area contributed by atoms with E-state index in [0.717, 1.165) is 19.3 Å². The number of ether oxygens (including phenoxy) is 1. The van der Waals surface area contributed by atoms with Gasteiger partial charge >= 0.3 is 11.8 Å². The van der Waals surface area contributed by atoms with Crippen molar-refractivity contribution < 1.29 is 18.7 Å². The van der Waals surface area contributed by atoms with Gasteiger partial charge < -0.3 is 14.1 Å². The normalized spacial score (nSPS) is 20.4. The fourth-order valence-corrected chi connectivity index (χ4v) is 4.63. The third-order valence-corrected chi connectivity index (χ3v) is 6.08. The average Bonchev–Trinajstić information content (AvgIpc) is 3.24. The Morgan fingerprint density at radius 3 is 2.63 bits per heavy atom. The highest BCUT2D eigenvalue weighted by Crippen LogP contribution is 2.27. The summed E-state index contributed by atoms with van der Waals surface area (Å²) in [4.78, 5) is 40.8. The van der Waals surface area contributed by atoms with Gasteiger partial charge in [-0.05, 0) is 37.3 Å². The number of carbonyl (C=O) groups excluding carboxylic acids is 2. The van der Waals surface area contributed by atoms with Crippen molar-refractivity contribution in [1.82, 2.24) is 14.4 Å². The standard InChI is InChI=1S/C22H29N3O5/c1-15(2)13-17-14-29-22(28)25(17)16-7-10-23(11-8-16)20(26)9-12-24-18-5-3-4-6-19(18)30-21(24)27/h3-6,15-17H,7-14H2,1-2H3. The minimum Gasteiger partial charge on any atom is -0.447 e. The number of benzene rings is 1. The second kappa shape index (κ2) is 8.53. The molecule has 30 heavy (non-hydrogen) atoms. The molecule has 1 aromatic heterocycles. The van der Waals surface area contributed by atoms with Crippen LogP contribution in [0.25, 0.3) is 11.1 Å². The first-order valence-corrected chi connectivity index (χ1v) is 10.7. The number of carbonyl (C=O) groups is 2. The largest absolute Gasteiger partial charge is 0.447 e. The van der Waals surface area contributed by atoms with Gasteiger partial charge in [-0.25, -0.2) is 9.59 Å². The molecule has 2 saturated heterocycles. The predicted octanol–water partition coefficient (Wildman–Crippen LogP) is 2.84. The van der Waals surface area contributed by atoms with Gasteiger partial charge in [0.05, 0.1) is 11.6 Å². The van der Waals surface area contributed by atoms with Crippen LogP contribution in [-0.4, -0.2) is 58.1 Å². The fraction of sp³-hybridized carbons (Fsp3) is 0.591. The van der Waals surface area contributed by atoms with Crippen LogP contribution in [0.2, 0.25) is 0 Å². The van der Waals surface area contributed by atoms with Crippen molar-refractivity contribution in [2.45, 2.75) is 58.2 Å². The zero-order chi connectivity index (χ0) is 21.3. The number of fused-ring (bicyclic) bond motifs is 1. The van der Waals surface area contributed by atoms with Gasteiger partial charge in [0.2, 0.25) is 5.91 Å². The maximum atomic E-state index is 12.7. The molecule has 0 spiro atoms. The third-order valence-electron chi connectivity index (χ3n) is 6.08. The number of para-hydroxylation sites is 2. The Morgan fingerprint density at radius 2 is 1.90 bits per heavy atom. The lowest BCUT2D eigenvalue weighted by atomic mass is 9.98. The summed E-state index contributed by atoms with van der Waals surface area (Å²) >= 11 is 0. The van der Waals surface area contributed by atoms with E-state index in [1.807, 2.05) is 28.0 Å². The summed E-state index contributed by atoms with van der Waals surface area (Å²) in [6.45, 7) is 6.28. The lowest BCUT2D eigenvalue weighted by molar-refractivity contribution is -0.132. The van der Waals surface area contributed by atoms with E-state index in [-0.39, 0.29) is 30.5 Å². The van der Waals surface area contributed by atoms with E-state index in [1.54, 1.807) is 6.07 Å². The van der Waals surface area contributed by atoms with E-state index in [0.29, 0.717) is 43.3 Å². The zero-order valence-corrected chi connectivity index (χ0v) is 17.6. The van der Waals surface area contributed by atoms with E-state index < -0.39 is 5.76 Å². The molecule has 0 saturated carbocycles. The van der Waals surface area contributed by atoms with Gasteiger partial charge in [0.25, 0.3) is 0 Å². The molecule has 0 aliphatic carbocycles. The number of hydrogen-bond donors (Lipinski definition) is 0. The number of rotatable bonds is 6. The Morgan fingerprint density at radius 1 is 1.17 bits per heavy atom. The van der Waals surface area contributed by atoms with E-state index in [4.69, 9.17) is 9.15 Å². The molecule has 8 heteroatoms. The highest BCUT2D eigenvalue weighted by atomic mass is 16.6. The summed E-state index contributed by atoms with van der Waals surface area (Å²) in [6, 6.07) is 7.47. The van der Waals surface area contributed by atoms with Crippen LogP contribution >= 0.6 is 0 Å². The average molecular weight is 415 g/mol. The van der Waals surface area contributed by atoms with Crippen molar-refractivity contribution in [3.8, 4) is 0 Å². The molecule has 0 bridgehead atoms. The van der Waals surface area contributed by atoms with Gasteiger partial charge in [0, 0.05) is 32.1 Å². The Balaban J connectivity index is 1.33. The molecular formula is C22H29N3O5. The van der Waals surface area contributed by atoms with Gasteiger partial charge in [0.15, 0.2) is 5.58 Å². The van der Waals surface area contributed by atoms with Crippen LogP contribution in [0.4, 0.5) is 4.79 Å². The summed E-state index contributed by atoms with van der Waals surface area (Å²) in [5.74, 6) is 0.0795. The minimum absolute atomic E-state index is 0.0216. The summed E-state index contributed by atoms with van der Waals surface area (Å²) in [6.07, 6.45) is 2.46. The molecule has 1 aromatic carbocycles. The number of aryl methyl sites for hydroxylation is 1. The number of likely N-dealkylation sites (tertiary alicyclic amines) is 1. The van der Waals surface area contributed by atoms with Crippen LogP contribution in [0, 0.1) is 5.92 Å². The maximum absolute atomic E-state index is 12.7. The molecule has 8 nitrogen and oxygen atoms in total. The monoisotopic (exact) mass is 415 g/mol. The molecule has 1 atom stereocenters. The maximum Gasteiger partial charge on any atom is 0.419 e. The van der Waals surface area contributed by atoms with Crippen LogP contribution in [0.3, 0.4) is 0 Å². The molecule has 4 rings (SSSR count). The molecular weight excluding hydrogens is 386 g/mol. The lowest BCUT2D eigenvalue weighted by Crippen LogP contribution is -2.50. The summed E-state index contributed by atoms with van der Waals surface area (Å²) in [5, 5.41) is 0. The van der Waals surface area contributed by atoms with Crippen LogP contribution < -0.4 is 5.76 Å². The van der Waals surface area contributed by atoms with E-state index in [1.165, 1.54) is 4.57 Å². The van der Waals surface area contributed by atoms with Gasteiger partial charge in [-0.1, -0.05) is 26.0 Å². The molecule has 1 unspecified atom stereocenters. The molecule has 2 aliphatic rings. The third kappa shape index (κ3) is 4.08. The Kier molecular flexibility index (Phi) is 5.83. The van der Waals surface area contributed by atoms with Crippen LogP contribution in [0.5, 0.6) is 0 Å². The molecule has 162 valence electrons. The van der Waals surface area contributed by atoms with Crippen molar-refractivity contribution in [1.29, 1.82) is 0 Å². The molecule has 2 amide bonds. The number of aromatic nitrogens is 1. The van der Waals surface area contributed by atoms with Crippen molar-refractivity contribution in [2.24, 2.45) is 5.92 Å². The number of piperidine rings is 1. The van der Waals surface area contributed by atoms with Gasteiger partial charge in [-0.3, -0.25) is 14.3 Å². The first-order chi connectivity index (χ1) is 14.4. The minimum atomic E-state index is -0.438. The van der Waals surface area contributed by atoms with Crippen molar-refractivity contribution in [3.05, 3.63) is 34.8 Å². The summed E-state index contributed by atoms with van der Waals surface area (Å²) in [7, 11) is 0. The Hall–Kier alpha value is -2.77. The number of cyclic esters (lactones) is 1. The second-order valence-corrected chi connectivity index (χ2v) is 8.62. The molecule has 2 aromatic rings. The lowest BCUT2D eigenvalue weighted by Gasteiger charge is -2.38.